The van der Waals surface area contributed by atoms with E-state index in [1.54, 1.807) is 29.9 Å². The summed E-state index contributed by atoms with van der Waals surface area (Å²) < 4.78 is 14.0. The molecular weight excluding hydrogens is 571 g/mol. The summed E-state index contributed by atoms with van der Waals surface area (Å²) in [6.45, 7) is 2.37. The molecule has 0 spiro atoms. The lowest BCUT2D eigenvalue weighted by Gasteiger charge is -2.15. The number of hydrogen-bond acceptors (Lipinski definition) is 7. The molecule has 30 heavy (non-hydrogen) atoms. The summed E-state index contributed by atoms with van der Waals surface area (Å²) in [6, 6.07) is 7.22. The van der Waals surface area contributed by atoms with Crippen LogP contribution in [-0.4, -0.2) is 50.9 Å². The third-order valence-corrected chi connectivity index (χ3v) is 4.81. The molecule has 0 saturated heterocycles. The molecule has 0 aliphatic carbocycles. The molecule has 1 unspecified atom stereocenters. The summed E-state index contributed by atoms with van der Waals surface area (Å²) in [6.07, 6.45) is 2.84. The van der Waals surface area contributed by atoms with Crippen molar-refractivity contribution in [1.29, 1.82) is 0 Å². The van der Waals surface area contributed by atoms with Crippen LogP contribution in [0, 0.1) is 3.57 Å². The fraction of sp³-hybridized carbons (Fsp3) is 0.278. The minimum Gasteiger partial charge on any atom is -0.481 e. The van der Waals surface area contributed by atoms with Gasteiger partial charge in [0.25, 0.3) is 5.91 Å². The second-order valence-electron chi connectivity index (χ2n) is 6.14. The molecule has 3 aromatic rings. The summed E-state index contributed by atoms with van der Waals surface area (Å²) in [4.78, 5) is 28.3. The Labute approximate surface area is 194 Å². The van der Waals surface area contributed by atoms with Crippen molar-refractivity contribution in [2.24, 2.45) is 0 Å². The molecule has 0 fully saturated rings. The Hall–Kier alpha value is -2.48. The molecule has 0 saturated carbocycles. The zero-order valence-electron chi connectivity index (χ0n) is 15.8. The van der Waals surface area contributed by atoms with Gasteiger partial charge in [0.05, 0.1) is 9.77 Å². The molecule has 0 aliphatic heterocycles. The minimum absolute atomic E-state index is 0.149. The molecule has 1 atom stereocenters. The van der Waals surface area contributed by atoms with Crippen LogP contribution in [-0.2, 0) is 11.3 Å². The molecular formula is C18H18BrIN6O4. The molecule has 2 heterocycles. The Bertz CT molecular complexity index is 1020. The molecule has 3 rings (SSSR count). The zero-order chi connectivity index (χ0) is 21.5. The highest BCUT2D eigenvalue weighted by Crippen LogP contribution is 2.18. The molecule has 2 amide bonds. The first-order chi connectivity index (χ1) is 14.4. The first kappa shape index (κ1) is 22.2. The van der Waals surface area contributed by atoms with Gasteiger partial charge in [-0.2, -0.15) is 10.1 Å². The molecule has 0 bridgehead atoms. The highest BCUT2D eigenvalue weighted by Gasteiger charge is 2.17. The number of carbonyl (C=O) groups excluding carboxylic acids is 2. The van der Waals surface area contributed by atoms with E-state index >= 15 is 0 Å². The average molecular weight is 589 g/mol. The van der Waals surface area contributed by atoms with Crippen molar-refractivity contribution < 1.29 is 18.8 Å². The molecule has 0 radical (unpaired) electrons. The van der Waals surface area contributed by atoms with Crippen LogP contribution in [0.3, 0.4) is 0 Å². The monoisotopic (exact) mass is 588 g/mol. The third-order valence-electron chi connectivity index (χ3n) is 3.76. The van der Waals surface area contributed by atoms with Crippen molar-refractivity contribution in [2.45, 2.75) is 19.6 Å². The number of hydrogen-bond donors (Lipinski definition) is 2. The minimum atomic E-state index is -0.682. The number of ether oxygens (including phenoxy) is 1. The molecule has 1 aromatic carbocycles. The van der Waals surface area contributed by atoms with Crippen LogP contribution >= 0.6 is 38.5 Å². The number of benzene rings is 1. The Morgan fingerprint density at radius 3 is 2.87 bits per heavy atom. The van der Waals surface area contributed by atoms with Crippen LogP contribution < -0.4 is 15.4 Å². The van der Waals surface area contributed by atoms with Gasteiger partial charge >= 0.3 is 11.8 Å². The standard InChI is InChI=1S/C18H18BrIN6O4/c1-11(29-14-4-2-3-12(19)7-14)16(27)21-5-6-22-17(28)18-24-15(25-30-18)10-26-9-13(20)8-23-26/h2-4,7-9,11H,5-6,10H2,1H3,(H,21,27)(H,22,28). The van der Waals surface area contributed by atoms with E-state index in [2.05, 4.69) is 64.4 Å². The van der Waals surface area contributed by atoms with E-state index in [1.807, 2.05) is 18.3 Å². The van der Waals surface area contributed by atoms with Crippen LogP contribution in [0.25, 0.3) is 0 Å². The molecule has 2 N–H and O–H groups in total. The topological polar surface area (TPSA) is 124 Å². The zero-order valence-corrected chi connectivity index (χ0v) is 19.6. The van der Waals surface area contributed by atoms with Crippen LogP contribution in [0.15, 0.2) is 45.7 Å². The van der Waals surface area contributed by atoms with Gasteiger partial charge < -0.3 is 19.9 Å². The van der Waals surface area contributed by atoms with E-state index in [1.165, 1.54) is 0 Å². The van der Waals surface area contributed by atoms with Gasteiger partial charge in [0.15, 0.2) is 11.9 Å². The van der Waals surface area contributed by atoms with Gasteiger partial charge in [0.1, 0.15) is 12.3 Å². The molecule has 0 aliphatic rings. The molecule has 2 aromatic heterocycles. The van der Waals surface area contributed by atoms with Gasteiger partial charge in [0, 0.05) is 23.8 Å². The summed E-state index contributed by atoms with van der Waals surface area (Å²) in [5.74, 6) is -0.0389. The van der Waals surface area contributed by atoms with Gasteiger partial charge in [-0.25, -0.2) is 0 Å². The van der Waals surface area contributed by atoms with Crippen LogP contribution in [0.1, 0.15) is 23.4 Å². The summed E-state index contributed by atoms with van der Waals surface area (Å²) in [5, 5.41) is 13.2. The third kappa shape index (κ3) is 6.52. The van der Waals surface area contributed by atoms with Gasteiger partial charge in [0.2, 0.25) is 0 Å². The lowest BCUT2D eigenvalue weighted by molar-refractivity contribution is -0.127. The summed E-state index contributed by atoms with van der Waals surface area (Å²) in [7, 11) is 0. The van der Waals surface area contributed by atoms with Crippen molar-refractivity contribution in [2.75, 3.05) is 13.1 Å². The van der Waals surface area contributed by atoms with Crippen molar-refractivity contribution in [3.63, 3.8) is 0 Å². The van der Waals surface area contributed by atoms with Gasteiger partial charge in [-0.05, 0) is 47.7 Å². The summed E-state index contributed by atoms with van der Waals surface area (Å²) >= 11 is 5.49. The number of aromatic nitrogens is 4. The lowest BCUT2D eigenvalue weighted by Crippen LogP contribution is -2.40. The maximum Gasteiger partial charge on any atom is 0.316 e. The highest BCUT2D eigenvalue weighted by molar-refractivity contribution is 14.1. The number of rotatable bonds is 9. The lowest BCUT2D eigenvalue weighted by atomic mass is 10.3. The fourth-order valence-electron chi connectivity index (χ4n) is 2.36. The first-order valence-corrected chi connectivity index (χ1v) is 10.8. The predicted octanol–water partition coefficient (Wildman–Crippen LogP) is 1.99. The number of halogens is 2. The van der Waals surface area contributed by atoms with E-state index in [0.29, 0.717) is 18.1 Å². The molecule has 158 valence electrons. The molecule has 10 nitrogen and oxygen atoms in total. The van der Waals surface area contributed by atoms with E-state index in [-0.39, 0.29) is 24.9 Å². The van der Waals surface area contributed by atoms with E-state index < -0.39 is 12.0 Å². The largest absolute Gasteiger partial charge is 0.481 e. The average Bonchev–Trinajstić information content (AvgIpc) is 3.34. The van der Waals surface area contributed by atoms with Crippen LogP contribution in [0.2, 0.25) is 0 Å². The van der Waals surface area contributed by atoms with Crippen molar-refractivity contribution >= 4 is 50.3 Å². The number of carbonyl (C=O) groups is 2. The van der Waals surface area contributed by atoms with Crippen molar-refractivity contribution in [3.05, 3.63) is 56.4 Å². The van der Waals surface area contributed by atoms with E-state index in [9.17, 15) is 9.59 Å². The van der Waals surface area contributed by atoms with Crippen LogP contribution in [0.5, 0.6) is 5.75 Å². The second-order valence-corrected chi connectivity index (χ2v) is 8.30. The Balaban J connectivity index is 1.38. The van der Waals surface area contributed by atoms with Crippen LogP contribution in [0.4, 0.5) is 0 Å². The Kier molecular flexibility index (Phi) is 7.79. The summed E-state index contributed by atoms with van der Waals surface area (Å²) in [5.41, 5.74) is 0. The Morgan fingerprint density at radius 2 is 2.13 bits per heavy atom. The number of nitrogens with one attached hydrogen (secondary N) is 2. The number of amides is 2. The number of nitrogens with zero attached hydrogens (tertiary/aromatic N) is 4. The Morgan fingerprint density at radius 1 is 1.33 bits per heavy atom. The van der Waals surface area contributed by atoms with Gasteiger partial charge in [-0.1, -0.05) is 27.2 Å². The normalized spacial score (nSPS) is 11.7. The predicted molar refractivity (Wildman–Crippen MR) is 118 cm³/mol. The maximum atomic E-state index is 12.1. The van der Waals surface area contributed by atoms with E-state index in [0.717, 1.165) is 8.04 Å². The van der Waals surface area contributed by atoms with E-state index in [4.69, 9.17) is 9.26 Å². The quantitative estimate of drug-likeness (QED) is 0.289. The van der Waals surface area contributed by atoms with Gasteiger partial charge in [-0.15, -0.1) is 0 Å². The SMILES string of the molecule is CC(Oc1cccc(Br)c1)C(=O)NCCNC(=O)c1nc(Cn2cc(I)cn2)no1. The maximum absolute atomic E-state index is 12.1. The highest BCUT2D eigenvalue weighted by atomic mass is 127. The van der Waals surface area contributed by atoms with Gasteiger partial charge in [-0.3, -0.25) is 14.3 Å². The second kappa shape index (κ2) is 10.5. The molecule has 12 heteroatoms. The first-order valence-electron chi connectivity index (χ1n) is 8.89. The smallest absolute Gasteiger partial charge is 0.316 e. The van der Waals surface area contributed by atoms with Crippen molar-refractivity contribution in [3.8, 4) is 5.75 Å². The fourth-order valence-corrected chi connectivity index (χ4v) is 3.18. The van der Waals surface area contributed by atoms with Crippen molar-refractivity contribution in [1.82, 2.24) is 30.6 Å².